The summed E-state index contributed by atoms with van der Waals surface area (Å²) < 4.78 is 18.1. The molecule has 1 aromatic rings. The highest BCUT2D eigenvalue weighted by Crippen LogP contribution is 2.14. The van der Waals surface area contributed by atoms with Gasteiger partial charge in [-0.05, 0) is 24.3 Å². The number of ether oxygens (including phenoxy) is 1. The molecule has 1 saturated heterocycles. The van der Waals surface area contributed by atoms with Crippen molar-refractivity contribution >= 4 is 32.6 Å². The minimum atomic E-state index is -1.28. The first kappa shape index (κ1) is 13.7. The van der Waals surface area contributed by atoms with Gasteiger partial charge in [-0.1, -0.05) is 15.9 Å². The number of hydrogen-bond acceptors (Lipinski definition) is 3. The molecule has 0 spiro atoms. The number of carbonyl (C=O) groups is 1. The summed E-state index contributed by atoms with van der Waals surface area (Å²) in [6.07, 6.45) is 0. The van der Waals surface area contributed by atoms with Crippen LogP contribution in [0.5, 0.6) is 0 Å². The molecule has 1 amide bonds. The maximum atomic E-state index is 12.0. The van der Waals surface area contributed by atoms with Gasteiger partial charge < -0.3 is 9.64 Å². The molecule has 0 saturated carbocycles. The quantitative estimate of drug-likeness (QED) is 0.841. The molecule has 0 unspecified atom stereocenters. The first-order valence-electron chi connectivity index (χ1n) is 5.66. The van der Waals surface area contributed by atoms with E-state index in [-0.39, 0.29) is 11.7 Å². The Morgan fingerprint density at radius 3 is 2.50 bits per heavy atom. The normalized spacial score (nSPS) is 17.5. The number of rotatable bonds is 3. The highest BCUT2D eigenvalue weighted by molar-refractivity contribution is 9.10. The molecule has 2 rings (SSSR count). The van der Waals surface area contributed by atoms with E-state index in [9.17, 15) is 9.00 Å². The van der Waals surface area contributed by atoms with Crippen molar-refractivity contribution in [2.75, 3.05) is 32.1 Å². The lowest BCUT2D eigenvalue weighted by Gasteiger charge is -2.26. The predicted molar refractivity (Wildman–Crippen MR) is 72.8 cm³/mol. The summed E-state index contributed by atoms with van der Waals surface area (Å²) in [4.78, 5) is 14.3. The Kier molecular flexibility index (Phi) is 4.91. The van der Waals surface area contributed by atoms with Crippen molar-refractivity contribution in [1.82, 2.24) is 4.90 Å². The summed E-state index contributed by atoms with van der Waals surface area (Å²) in [6, 6.07) is 7.19. The van der Waals surface area contributed by atoms with Gasteiger partial charge in [-0.2, -0.15) is 0 Å². The van der Waals surface area contributed by atoms with Crippen molar-refractivity contribution in [3.05, 3.63) is 28.7 Å². The van der Waals surface area contributed by atoms with Crippen molar-refractivity contribution in [2.24, 2.45) is 0 Å². The molecule has 18 heavy (non-hydrogen) atoms. The summed E-state index contributed by atoms with van der Waals surface area (Å²) in [6.45, 7) is 2.32. The van der Waals surface area contributed by atoms with Crippen LogP contribution in [0.2, 0.25) is 0 Å². The van der Waals surface area contributed by atoms with E-state index in [1.54, 1.807) is 17.0 Å². The smallest absolute Gasteiger partial charge is 0.235 e. The van der Waals surface area contributed by atoms with E-state index in [2.05, 4.69) is 15.9 Å². The predicted octanol–water partition coefficient (Wildman–Crippen LogP) is 1.42. The van der Waals surface area contributed by atoms with E-state index in [4.69, 9.17) is 4.74 Å². The van der Waals surface area contributed by atoms with Crippen LogP contribution in [0.1, 0.15) is 0 Å². The van der Waals surface area contributed by atoms with E-state index in [0.29, 0.717) is 31.2 Å². The molecular formula is C12H14BrNO3S. The molecule has 1 aliphatic rings. The fraction of sp³-hybridized carbons (Fsp3) is 0.417. The Balaban J connectivity index is 1.94. The van der Waals surface area contributed by atoms with Gasteiger partial charge in [-0.15, -0.1) is 0 Å². The Morgan fingerprint density at radius 1 is 1.28 bits per heavy atom. The number of halogens is 1. The van der Waals surface area contributed by atoms with Gasteiger partial charge in [0.05, 0.1) is 24.0 Å². The third-order valence-corrected chi connectivity index (χ3v) is 4.53. The Labute approximate surface area is 117 Å². The van der Waals surface area contributed by atoms with Crippen LogP contribution in [-0.2, 0) is 20.3 Å². The maximum absolute atomic E-state index is 12.0. The molecule has 1 heterocycles. The number of nitrogens with zero attached hydrogens (tertiary/aromatic N) is 1. The number of benzene rings is 1. The summed E-state index contributed by atoms with van der Waals surface area (Å²) >= 11 is 3.32. The van der Waals surface area contributed by atoms with Gasteiger partial charge in [0.15, 0.2) is 0 Å². The van der Waals surface area contributed by atoms with Gasteiger partial charge in [0, 0.05) is 22.5 Å². The molecule has 6 heteroatoms. The fourth-order valence-corrected chi connectivity index (χ4v) is 2.96. The highest BCUT2D eigenvalue weighted by Gasteiger charge is 2.19. The molecule has 4 nitrogen and oxygen atoms in total. The van der Waals surface area contributed by atoms with E-state index in [1.807, 2.05) is 12.1 Å². The number of carbonyl (C=O) groups excluding carboxylic acids is 1. The van der Waals surface area contributed by atoms with Gasteiger partial charge in [-0.3, -0.25) is 9.00 Å². The van der Waals surface area contributed by atoms with Crippen LogP contribution in [0.25, 0.3) is 0 Å². The lowest BCUT2D eigenvalue weighted by Crippen LogP contribution is -2.42. The molecular weight excluding hydrogens is 318 g/mol. The van der Waals surface area contributed by atoms with E-state index >= 15 is 0 Å². The van der Waals surface area contributed by atoms with Crippen molar-refractivity contribution in [1.29, 1.82) is 0 Å². The van der Waals surface area contributed by atoms with Crippen LogP contribution in [0.4, 0.5) is 0 Å². The SMILES string of the molecule is O=C(C[S@@](=O)c1ccc(Br)cc1)N1CCOCC1. The Bertz CT molecular complexity index is 443. The van der Waals surface area contributed by atoms with E-state index in [1.165, 1.54) is 0 Å². The number of amides is 1. The second-order valence-corrected chi connectivity index (χ2v) is 6.30. The molecule has 0 aliphatic carbocycles. The van der Waals surface area contributed by atoms with Crippen molar-refractivity contribution in [3.63, 3.8) is 0 Å². The van der Waals surface area contributed by atoms with E-state index in [0.717, 1.165) is 4.47 Å². The fourth-order valence-electron chi connectivity index (χ4n) is 1.69. The summed E-state index contributed by atoms with van der Waals surface area (Å²) in [5, 5.41) is 0. The summed E-state index contributed by atoms with van der Waals surface area (Å²) in [5.74, 6) is -0.0266. The number of hydrogen-bond donors (Lipinski definition) is 0. The molecule has 0 bridgehead atoms. The van der Waals surface area contributed by atoms with Crippen LogP contribution in [0.15, 0.2) is 33.6 Å². The minimum Gasteiger partial charge on any atom is -0.378 e. The topological polar surface area (TPSA) is 46.6 Å². The van der Waals surface area contributed by atoms with Crippen molar-refractivity contribution < 1.29 is 13.7 Å². The van der Waals surface area contributed by atoms with Crippen molar-refractivity contribution in [2.45, 2.75) is 4.90 Å². The van der Waals surface area contributed by atoms with Crippen LogP contribution in [0, 0.1) is 0 Å². The highest BCUT2D eigenvalue weighted by atomic mass is 79.9. The zero-order valence-corrected chi connectivity index (χ0v) is 12.2. The van der Waals surface area contributed by atoms with Crippen molar-refractivity contribution in [3.8, 4) is 0 Å². The average Bonchev–Trinajstić information content (AvgIpc) is 2.40. The molecule has 1 atom stereocenters. The second-order valence-electron chi connectivity index (χ2n) is 3.94. The van der Waals surface area contributed by atoms with Gasteiger partial charge in [0.25, 0.3) is 0 Å². The standard InChI is InChI=1S/C12H14BrNO3S/c13-10-1-3-11(4-2-10)18(16)9-12(15)14-5-7-17-8-6-14/h1-4H,5-9H2/t18-/m1/s1. The van der Waals surface area contributed by atoms with Crippen LogP contribution in [0.3, 0.4) is 0 Å². The minimum absolute atomic E-state index is 0.0433. The monoisotopic (exact) mass is 331 g/mol. The van der Waals surface area contributed by atoms with Gasteiger partial charge >= 0.3 is 0 Å². The molecule has 0 N–H and O–H groups in total. The zero-order valence-electron chi connectivity index (χ0n) is 9.80. The average molecular weight is 332 g/mol. The molecule has 98 valence electrons. The first-order valence-corrected chi connectivity index (χ1v) is 7.77. The summed E-state index contributed by atoms with van der Waals surface area (Å²) in [7, 11) is -1.28. The van der Waals surface area contributed by atoms with Crippen LogP contribution < -0.4 is 0 Å². The molecule has 0 aromatic heterocycles. The molecule has 0 radical (unpaired) electrons. The van der Waals surface area contributed by atoms with Gasteiger partial charge in [-0.25, -0.2) is 0 Å². The van der Waals surface area contributed by atoms with E-state index < -0.39 is 10.8 Å². The lowest BCUT2D eigenvalue weighted by molar-refractivity contribution is -0.132. The van der Waals surface area contributed by atoms with Crippen LogP contribution in [-0.4, -0.2) is 47.1 Å². The lowest BCUT2D eigenvalue weighted by atomic mass is 10.4. The Hall–Kier alpha value is -0.720. The second kappa shape index (κ2) is 6.45. The van der Waals surface area contributed by atoms with Gasteiger partial charge in [0.1, 0.15) is 5.75 Å². The summed E-state index contributed by atoms with van der Waals surface area (Å²) in [5.41, 5.74) is 0. The Morgan fingerprint density at radius 2 is 1.89 bits per heavy atom. The largest absolute Gasteiger partial charge is 0.378 e. The molecule has 1 fully saturated rings. The third kappa shape index (κ3) is 3.63. The zero-order chi connectivity index (χ0) is 13.0. The molecule has 1 aliphatic heterocycles. The first-order chi connectivity index (χ1) is 8.66. The van der Waals surface area contributed by atoms with Crippen LogP contribution >= 0.6 is 15.9 Å². The van der Waals surface area contributed by atoms with Gasteiger partial charge in [0.2, 0.25) is 5.91 Å². The number of morpholine rings is 1. The maximum Gasteiger partial charge on any atom is 0.235 e. The molecule has 1 aromatic carbocycles. The third-order valence-electron chi connectivity index (χ3n) is 2.69.